The van der Waals surface area contributed by atoms with Crippen molar-refractivity contribution in [1.82, 2.24) is 24.9 Å². The molecule has 8 heteroatoms. The molecular weight excluding hydrogens is 314 g/mol. The van der Waals surface area contributed by atoms with E-state index in [9.17, 15) is 4.79 Å². The first kappa shape index (κ1) is 14.8. The molecule has 7 nitrogen and oxygen atoms in total. The molecule has 0 bridgehead atoms. The van der Waals surface area contributed by atoms with E-state index < -0.39 is 0 Å². The molecule has 1 saturated heterocycles. The molecule has 122 valence electrons. The van der Waals surface area contributed by atoms with Gasteiger partial charge in [0, 0.05) is 24.4 Å². The number of fused-ring (bicyclic) bond motifs is 3. The third kappa shape index (κ3) is 2.76. The number of aromatic nitrogens is 4. The lowest BCUT2D eigenvalue weighted by Crippen LogP contribution is -2.49. The maximum absolute atomic E-state index is 12.6. The number of nitrogens with zero attached hydrogens (tertiary/aromatic N) is 5. The first-order chi connectivity index (χ1) is 11.2. The van der Waals surface area contributed by atoms with Gasteiger partial charge in [-0.25, -0.2) is 9.67 Å². The van der Waals surface area contributed by atoms with Crippen LogP contribution in [0.4, 0.5) is 0 Å². The van der Waals surface area contributed by atoms with Crippen molar-refractivity contribution in [2.45, 2.75) is 44.9 Å². The van der Waals surface area contributed by atoms with Crippen LogP contribution >= 0.6 is 11.3 Å². The Bertz CT molecular complexity index is 712. The largest absolute Gasteiger partial charge is 0.370 e. The molecule has 0 aromatic carbocycles. The van der Waals surface area contributed by atoms with Crippen LogP contribution in [0.2, 0.25) is 0 Å². The summed E-state index contributed by atoms with van der Waals surface area (Å²) in [6, 6.07) is 0.0871. The normalized spacial score (nSPS) is 23.4. The highest BCUT2D eigenvalue weighted by atomic mass is 32.1. The number of rotatable bonds is 3. The molecule has 0 saturated carbocycles. The van der Waals surface area contributed by atoms with Crippen LogP contribution in [-0.4, -0.2) is 50.0 Å². The summed E-state index contributed by atoms with van der Waals surface area (Å²) in [5, 5.41) is 8.14. The first-order valence-corrected chi connectivity index (χ1v) is 8.78. The van der Waals surface area contributed by atoms with Gasteiger partial charge in [-0.1, -0.05) is 5.21 Å². The quantitative estimate of drug-likeness (QED) is 0.848. The Balaban J connectivity index is 1.41. The summed E-state index contributed by atoms with van der Waals surface area (Å²) in [4.78, 5) is 19.9. The molecule has 23 heavy (non-hydrogen) atoms. The summed E-state index contributed by atoms with van der Waals surface area (Å²) in [5.41, 5.74) is 3.86. The number of ether oxygens (including phenoxy) is 1. The van der Waals surface area contributed by atoms with Crippen molar-refractivity contribution in [3.8, 4) is 0 Å². The van der Waals surface area contributed by atoms with E-state index in [2.05, 4.69) is 15.3 Å². The number of piperidine rings is 1. The minimum absolute atomic E-state index is 0.0871. The minimum Gasteiger partial charge on any atom is -0.370 e. The zero-order valence-electron chi connectivity index (χ0n) is 13.0. The summed E-state index contributed by atoms with van der Waals surface area (Å²) in [6.45, 7) is 3.97. The summed E-state index contributed by atoms with van der Waals surface area (Å²) in [6.07, 6.45) is 4.03. The van der Waals surface area contributed by atoms with E-state index in [0.29, 0.717) is 19.6 Å². The Labute approximate surface area is 138 Å². The number of amides is 1. The van der Waals surface area contributed by atoms with Crippen molar-refractivity contribution in [3.05, 3.63) is 28.0 Å². The molecule has 4 heterocycles. The lowest BCUT2D eigenvalue weighted by Gasteiger charge is -2.41. The van der Waals surface area contributed by atoms with E-state index >= 15 is 0 Å². The maximum atomic E-state index is 12.6. The van der Waals surface area contributed by atoms with E-state index in [1.807, 2.05) is 22.0 Å². The fourth-order valence-electron chi connectivity index (χ4n) is 3.35. The molecular formula is C15H19N5O2S. The van der Waals surface area contributed by atoms with Gasteiger partial charge in [-0.15, -0.1) is 16.4 Å². The highest BCUT2D eigenvalue weighted by Crippen LogP contribution is 2.30. The molecule has 0 spiro atoms. The second-order valence-corrected chi connectivity index (χ2v) is 7.02. The van der Waals surface area contributed by atoms with Crippen LogP contribution in [0, 0.1) is 6.92 Å². The standard InChI is InChI=1S/C15H19N5O2S/c1-10-14(23-9-16-10)2-3-15(21)19-5-4-13-12(7-19)20-11(8-22-13)6-17-18-20/h6,9,12-13H,2-5,7-8H2,1H3/t12-,13+/m0/s1. The third-order valence-electron chi connectivity index (χ3n) is 4.69. The Kier molecular flexibility index (Phi) is 3.86. The van der Waals surface area contributed by atoms with Crippen LogP contribution in [0.1, 0.15) is 35.1 Å². The topological polar surface area (TPSA) is 73.1 Å². The Morgan fingerprint density at radius 3 is 3.26 bits per heavy atom. The molecule has 0 aliphatic carbocycles. The molecule has 2 aromatic rings. The molecule has 4 rings (SSSR count). The van der Waals surface area contributed by atoms with Crippen LogP contribution in [0.3, 0.4) is 0 Å². The number of aryl methyl sites for hydroxylation is 2. The highest BCUT2D eigenvalue weighted by molar-refractivity contribution is 7.09. The van der Waals surface area contributed by atoms with Crippen molar-refractivity contribution in [1.29, 1.82) is 0 Å². The first-order valence-electron chi connectivity index (χ1n) is 7.90. The number of likely N-dealkylation sites (tertiary alicyclic amines) is 1. The van der Waals surface area contributed by atoms with E-state index in [1.165, 1.54) is 4.88 Å². The predicted octanol–water partition coefficient (Wildman–Crippen LogP) is 1.35. The summed E-state index contributed by atoms with van der Waals surface area (Å²) >= 11 is 1.62. The maximum Gasteiger partial charge on any atom is 0.223 e. The number of thiazole rings is 1. The monoisotopic (exact) mass is 333 g/mol. The van der Waals surface area contributed by atoms with Gasteiger partial charge < -0.3 is 9.64 Å². The molecule has 2 aromatic heterocycles. The van der Waals surface area contributed by atoms with Crippen molar-refractivity contribution in [3.63, 3.8) is 0 Å². The van der Waals surface area contributed by atoms with E-state index in [-0.39, 0.29) is 18.1 Å². The zero-order chi connectivity index (χ0) is 15.8. The average molecular weight is 333 g/mol. The smallest absolute Gasteiger partial charge is 0.223 e. The van der Waals surface area contributed by atoms with Crippen LogP contribution < -0.4 is 0 Å². The molecule has 2 aliphatic rings. The van der Waals surface area contributed by atoms with E-state index in [4.69, 9.17) is 4.74 Å². The van der Waals surface area contributed by atoms with Crippen LogP contribution in [-0.2, 0) is 22.6 Å². The van der Waals surface area contributed by atoms with Crippen molar-refractivity contribution in [2.75, 3.05) is 13.1 Å². The lowest BCUT2D eigenvalue weighted by atomic mass is 10.00. The number of hydrogen-bond acceptors (Lipinski definition) is 6. The highest BCUT2D eigenvalue weighted by Gasteiger charge is 2.37. The molecule has 0 N–H and O–H groups in total. The van der Waals surface area contributed by atoms with Crippen LogP contribution in [0.15, 0.2) is 11.7 Å². The molecule has 2 atom stereocenters. The average Bonchev–Trinajstić information content (AvgIpc) is 3.20. The van der Waals surface area contributed by atoms with Crippen LogP contribution in [0.25, 0.3) is 0 Å². The Hall–Kier alpha value is -1.80. The fraction of sp³-hybridized carbons (Fsp3) is 0.600. The molecule has 1 amide bonds. The third-order valence-corrected chi connectivity index (χ3v) is 5.69. The Morgan fingerprint density at radius 2 is 2.43 bits per heavy atom. The van der Waals surface area contributed by atoms with Gasteiger partial charge in [-0.2, -0.15) is 0 Å². The van der Waals surface area contributed by atoms with Gasteiger partial charge in [0.1, 0.15) is 0 Å². The van der Waals surface area contributed by atoms with E-state index in [0.717, 1.165) is 30.8 Å². The molecule has 0 unspecified atom stereocenters. The van der Waals surface area contributed by atoms with Crippen LogP contribution in [0.5, 0.6) is 0 Å². The Morgan fingerprint density at radius 1 is 1.52 bits per heavy atom. The van der Waals surface area contributed by atoms with Gasteiger partial charge >= 0.3 is 0 Å². The molecule has 0 radical (unpaired) electrons. The number of carbonyl (C=O) groups excluding carboxylic acids is 1. The van der Waals surface area contributed by atoms with Crippen molar-refractivity contribution < 1.29 is 9.53 Å². The second kappa shape index (κ2) is 6.01. The minimum atomic E-state index is 0.0871. The van der Waals surface area contributed by atoms with Gasteiger partial charge in [0.05, 0.1) is 41.8 Å². The zero-order valence-corrected chi connectivity index (χ0v) is 13.8. The summed E-state index contributed by atoms with van der Waals surface area (Å²) in [5.74, 6) is 0.198. The summed E-state index contributed by atoms with van der Waals surface area (Å²) in [7, 11) is 0. The van der Waals surface area contributed by atoms with Gasteiger partial charge in [0.25, 0.3) is 0 Å². The number of hydrogen-bond donors (Lipinski definition) is 0. The molecule has 1 fully saturated rings. The lowest BCUT2D eigenvalue weighted by molar-refractivity contribution is -0.138. The predicted molar refractivity (Wildman–Crippen MR) is 84.0 cm³/mol. The van der Waals surface area contributed by atoms with Crippen molar-refractivity contribution >= 4 is 17.2 Å². The van der Waals surface area contributed by atoms with Gasteiger partial charge in [-0.05, 0) is 19.8 Å². The van der Waals surface area contributed by atoms with Gasteiger partial charge in [0.2, 0.25) is 5.91 Å². The van der Waals surface area contributed by atoms with E-state index in [1.54, 1.807) is 17.5 Å². The van der Waals surface area contributed by atoms with Gasteiger partial charge in [0.15, 0.2) is 0 Å². The second-order valence-electron chi connectivity index (χ2n) is 6.08. The SMILES string of the molecule is Cc1ncsc1CCC(=O)N1CC[C@H]2OCc3cnnn3[C@H]2C1. The van der Waals surface area contributed by atoms with Crippen molar-refractivity contribution in [2.24, 2.45) is 0 Å². The number of carbonyl (C=O) groups is 1. The van der Waals surface area contributed by atoms with Gasteiger partial charge in [-0.3, -0.25) is 4.79 Å². The summed E-state index contributed by atoms with van der Waals surface area (Å²) < 4.78 is 7.82. The fourth-order valence-corrected chi connectivity index (χ4v) is 4.13. The molecule has 2 aliphatic heterocycles.